The predicted molar refractivity (Wildman–Crippen MR) is 55.2 cm³/mol. The van der Waals surface area contributed by atoms with Crippen molar-refractivity contribution in [2.24, 2.45) is 0 Å². The molecule has 0 bridgehead atoms. The van der Waals surface area contributed by atoms with E-state index in [0.717, 1.165) is 0 Å². The number of hydrogen-bond donors (Lipinski definition) is 0. The van der Waals surface area contributed by atoms with Crippen LogP contribution in [0.5, 0.6) is 0 Å². The molecule has 0 aliphatic carbocycles. The molecule has 0 aliphatic rings. The SMILES string of the molecule is COCc1cc(Cl)ccc1S(=O)(=O)Cl. The lowest BCUT2D eigenvalue weighted by Crippen LogP contribution is -1.99. The van der Waals surface area contributed by atoms with Crippen molar-refractivity contribution in [3.8, 4) is 0 Å². The van der Waals surface area contributed by atoms with E-state index < -0.39 is 9.05 Å². The van der Waals surface area contributed by atoms with E-state index in [0.29, 0.717) is 10.6 Å². The van der Waals surface area contributed by atoms with Crippen LogP contribution in [-0.4, -0.2) is 15.5 Å². The number of halogens is 2. The minimum Gasteiger partial charge on any atom is -0.380 e. The van der Waals surface area contributed by atoms with E-state index in [2.05, 4.69) is 0 Å². The van der Waals surface area contributed by atoms with Crippen molar-refractivity contribution in [3.63, 3.8) is 0 Å². The molecule has 0 spiro atoms. The van der Waals surface area contributed by atoms with Crippen LogP contribution < -0.4 is 0 Å². The molecule has 0 amide bonds. The first-order chi connectivity index (χ1) is 6.45. The third-order valence-electron chi connectivity index (χ3n) is 1.59. The minimum atomic E-state index is -3.74. The van der Waals surface area contributed by atoms with Crippen LogP contribution in [0.25, 0.3) is 0 Å². The van der Waals surface area contributed by atoms with E-state index in [1.165, 1.54) is 25.3 Å². The van der Waals surface area contributed by atoms with Crippen molar-refractivity contribution >= 4 is 31.3 Å². The Hall–Kier alpha value is -0.290. The molecule has 14 heavy (non-hydrogen) atoms. The van der Waals surface area contributed by atoms with Crippen molar-refractivity contribution in [2.45, 2.75) is 11.5 Å². The van der Waals surface area contributed by atoms with E-state index in [4.69, 9.17) is 27.0 Å². The molecule has 1 rings (SSSR count). The summed E-state index contributed by atoms with van der Waals surface area (Å²) in [4.78, 5) is 0.0328. The van der Waals surface area contributed by atoms with Crippen LogP contribution in [0, 0.1) is 0 Å². The summed E-state index contributed by atoms with van der Waals surface area (Å²) in [5.41, 5.74) is 0.454. The molecule has 0 heterocycles. The first-order valence-electron chi connectivity index (χ1n) is 3.67. The van der Waals surface area contributed by atoms with Gasteiger partial charge in [-0.05, 0) is 23.8 Å². The fraction of sp³-hybridized carbons (Fsp3) is 0.250. The summed E-state index contributed by atoms with van der Waals surface area (Å²) in [6, 6.07) is 4.34. The fourth-order valence-electron chi connectivity index (χ4n) is 1.05. The van der Waals surface area contributed by atoms with Crippen LogP contribution in [-0.2, 0) is 20.4 Å². The zero-order chi connectivity index (χ0) is 10.8. The molecule has 78 valence electrons. The van der Waals surface area contributed by atoms with Crippen LogP contribution in [0.2, 0.25) is 5.02 Å². The van der Waals surface area contributed by atoms with Crippen molar-refractivity contribution < 1.29 is 13.2 Å². The van der Waals surface area contributed by atoms with Crippen molar-refractivity contribution in [1.29, 1.82) is 0 Å². The second kappa shape index (κ2) is 4.49. The van der Waals surface area contributed by atoms with E-state index in [1.54, 1.807) is 0 Å². The van der Waals surface area contributed by atoms with Crippen LogP contribution in [0.3, 0.4) is 0 Å². The molecule has 1 aromatic rings. The quantitative estimate of drug-likeness (QED) is 0.779. The van der Waals surface area contributed by atoms with Crippen molar-refractivity contribution in [2.75, 3.05) is 7.11 Å². The number of rotatable bonds is 3. The molecule has 1 aromatic carbocycles. The third kappa shape index (κ3) is 2.85. The van der Waals surface area contributed by atoms with Gasteiger partial charge in [0, 0.05) is 22.8 Å². The van der Waals surface area contributed by atoms with Gasteiger partial charge in [0.1, 0.15) is 0 Å². The standard InChI is InChI=1S/C8H8Cl2O3S/c1-13-5-6-4-7(9)2-3-8(6)14(10,11)12/h2-4H,5H2,1H3. The average Bonchev–Trinajstić information content (AvgIpc) is 2.02. The van der Waals surface area contributed by atoms with Gasteiger partial charge in [0.25, 0.3) is 9.05 Å². The van der Waals surface area contributed by atoms with Crippen molar-refractivity contribution in [1.82, 2.24) is 0 Å². The highest BCUT2D eigenvalue weighted by Crippen LogP contribution is 2.23. The number of benzene rings is 1. The summed E-state index contributed by atoms with van der Waals surface area (Å²) in [6.45, 7) is 0.155. The maximum Gasteiger partial charge on any atom is 0.261 e. The molecule has 0 unspecified atom stereocenters. The van der Waals surface area contributed by atoms with Crippen molar-refractivity contribution in [3.05, 3.63) is 28.8 Å². The zero-order valence-corrected chi connectivity index (χ0v) is 9.66. The van der Waals surface area contributed by atoms with Gasteiger partial charge in [-0.2, -0.15) is 0 Å². The lowest BCUT2D eigenvalue weighted by Gasteiger charge is -2.05. The largest absolute Gasteiger partial charge is 0.380 e. The highest BCUT2D eigenvalue weighted by Gasteiger charge is 2.15. The Morgan fingerprint density at radius 1 is 1.43 bits per heavy atom. The molecule has 6 heteroatoms. The molecule has 0 aromatic heterocycles. The number of methoxy groups -OCH3 is 1. The highest BCUT2D eigenvalue weighted by molar-refractivity contribution is 8.13. The van der Waals surface area contributed by atoms with Gasteiger partial charge in [0.05, 0.1) is 11.5 Å². The first-order valence-corrected chi connectivity index (χ1v) is 6.36. The Kier molecular flexibility index (Phi) is 3.78. The molecular weight excluding hydrogens is 247 g/mol. The van der Waals surface area contributed by atoms with Gasteiger partial charge in [-0.3, -0.25) is 0 Å². The summed E-state index contributed by atoms with van der Waals surface area (Å²) in [7, 11) is 2.95. The second-order valence-corrected chi connectivity index (χ2v) is 5.59. The molecular formula is C8H8Cl2O3S. The van der Waals surface area contributed by atoms with Gasteiger partial charge >= 0.3 is 0 Å². The summed E-state index contributed by atoms with van der Waals surface area (Å²) in [5.74, 6) is 0. The van der Waals surface area contributed by atoms with Gasteiger partial charge in [-0.15, -0.1) is 0 Å². The smallest absolute Gasteiger partial charge is 0.261 e. The summed E-state index contributed by atoms with van der Waals surface area (Å²) < 4.78 is 27.1. The Morgan fingerprint density at radius 3 is 2.57 bits per heavy atom. The summed E-state index contributed by atoms with van der Waals surface area (Å²) >= 11 is 5.71. The molecule has 0 saturated carbocycles. The van der Waals surface area contributed by atoms with E-state index >= 15 is 0 Å². The van der Waals surface area contributed by atoms with Crippen LogP contribution in [0.4, 0.5) is 0 Å². The summed E-state index contributed by atoms with van der Waals surface area (Å²) in [5, 5.41) is 0.445. The molecule has 0 aliphatic heterocycles. The normalized spacial score (nSPS) is 11.6. The molecule has 3 nitrogen and oxygen atoms in total. The van der Waals surface area contributed by atoms with Crippen LogP contribution >= 0.6 is 22.3 Å². The number of ether oxygens (including phenoxy) is 1. The Balaban J connectivity index is 3.29. The second-order valence-electron chi connectivity index (χ2n) is 2.62. The molecule has 0 fully saturated rings. The Bertz CT molecular complexity index is 428. The maximum atomic E-state index is 11.1. The van der Waals surface area contributed by atoms with Gasteiger partial charge in [-0.25, -0.2) is 8.42 Å². The third-order valence-corrected chi connectivity index (χ3v) is 3.24. The van der Waals surface area contributed by atoms with Gasteiger partial charge in [0.15, 0.2) is 0 Å². The fourth-order valence-corrected chi connectivity index (χ4v) is 2.36. The van der Waals surface area contributed by atoms with Gasteiger partial charge < -0.3 is 4.74 Å². The van der Waals surface area contributed by atoms with Crippen LogP contribution in [0.1, 0.15) is 5.56 Å². The predicted octanol–water partition coefficient (Wildman–Crippen LogP) is 2.41. The van der Waals surface area contributed by atoms with Crippen LogP contribution in [0.15, 0.2) is 23.1 Å². The topological polar surface area (TPSA) is 43.4 Å². The van der Waals surface area contributed by atoms with E-state index in [9.17, 15) is 8.42 Å². The number of hydrogen-bond acceptors (Lipinski definition) is 3. The highest BCUT2D eigenvalue weighted by atomic mass is 35.7. The Labute approximate surface area is 92.0 Å². The first kappa shape index (κ1) is 11.8. The average molecular weight is 255 g/mol. The molecule has 0 N–H and O–H groups in total. The maximum absolute atomic E-state index is 11.1. The zero-order valence-electron chi connectivity index (χ0n) is 7.33. The molecule has 0 radical (unpaired) electrons. The lowest BCUT2D eigenvalue weighted by atomic mass is 10.2. The van der Waals surface area contributed by atoms with E-state index in [-0.39, 0.29) is 11.5 Å². The molecule has 0 atom stereocenters. The lowest BCUT2D eigenvalue weighted by molar-refractivity contribution is 0.183. The van der Waals surface area contributed by atoms with E-state index in [1.807, 2.05) is 0 Å². The Morgan fingerprint density at radius 2 is 2.07 bits per heavy atom. The van der Waals surface area contributed by atoms with Gasteiger partial charge in [0.2, 0.25) is 0 Å². The summed E-state index contributed by atoms with van der Waals surface area (Å²) in [6.07, 6.45) is 0. The minimum absolute atomic E-state index is 0.0328. The molecule has 0 saturated heterocycles. The monoisotopic (exact) mass is 254 g/mol. The van der Waals surface area contributed by atoms with Gasteiger partial charge in [-0.1, -0.05) is 11.6 Å².